The minimum absolute atomic E-state index is 0.0200. The zero-order valence-corrected chi connectivity index (χ0v) is 22.9. The van der Waals surface area contributed by atoms with Gasteiger partial charge in [0.1, 0.15) is 23.6 Å². The van der Waals surface area contributed by atoms with Gasteiger partial charge in [-0.2, -0.15) is 13.9 Å². The molecule has 5 rings (SSSR count). The minimum Gasteiger partial charge on any atom is -0.488 e. The van der Waals surface area contributed by atoms with Gasteiger partial charge in [0.05, 0.1) is 18.4 Å². The van der Waals surface area contributed by atoms with Crippen molar-refractivity contribution in [2.75, 3.05) is 18.8 Å². The Morgan fingerprint density at radius 1 is 1.07 bits per heavy atom. The third-order valence-corrected chi connectivity index (χ3v) is 6.29. The molecule has 2 aromatic carbocycles. The fraction of sp³-hybridized carbons (Fsp3) is 0.267. The summed E-state index contributed by atoms with van der Waals surface area (Å²) in [6.45, 7) is 4.60. The molecule has 0 aliphatic carbocycles. The van der Waals surface area contributed by atoms with E-state index < -0.39 is 24.2 Å². The summed E-state index contributed by atoms with van der Waals surface area (Å²) >= 11 is 0. The standard InChI is InChI=1S/C30H30F2N6O3/c1-29(2,3)41-28(39)37-14-13-23(30(31,32)19-37)21-16-34-38(17-21)25-15-24(35-36-27(25)33)22-11-7-8-12-26(22)40-18-20-9-5-4-6-10-20/h4-13,15-17H,14,18-19H2,1-3H3,(H2,33,36). The average molecular weight is 561 g/mol. The molecule has 0 spiro atoms. The molecule has 0 bridgehead atoms. The summed E-state index contributed by atoms with van der Waals surface area (Å²) in [7, 11) is 0. The predicted octanol–water partition coefficient (Wildman–Crippen LogP) is 5.76. The van der Waals surface area contributed by atoms with Crippen LogP contribution in [0, 0.1) is 0 Å². The van der Waals surface area contributed by atoms with Crippen molar-refractivity contribution in [3.63, 3.8) is 0 Å². The first-order valence-electron chi connectivity index (χ1n) is 13.0. The zero-order chi connectivity index (χ0) is 29.2. The number of aromatic nitrogens is 4. The second kappa shape index (κ2) is 11.0. The van der Waals surface area contributed by atoms with E-state index in [1.54, 1.807) is 26.8 Å². The molecule has 4 aromatic rings. The topological polar surface area (TPSA) is 108 Å². The number of ether oxygens (including phenoxy) is 2. The molecule has 1 aliphatic heterocycles. The van der Waals surface area contributed by atoms with Crippen LogP contribution in [-0.4, -0.2) is 55.6 Å². The second-order valence-electron chi connectivity index (χ2n) is 10.6. The Kier molecular flexibility index (Phi) is 7.44. The second-order valence-corrected chi connectivity index (χ2v) is 10.6. The molecule has 9 nitrogen and oxygen atoms in total. The van der Waals surface area contributed by atoms with Crippen molar-refractivity contribution < 1.29 is 23.0 Å². The van der Waals surface area contributed by atoms with Crippen molar-refractivity contribution in [2.45, 2.75) is 38.9 Å². The highest BCUT2D eigenvalue weighted by atomic mass is 19.3. The van der Waals surface area contributed by atoms with Crippen LogP contribution in [0.3, 0.4) is 0 Å². The number of carbonyl (C=O) groups is 1. The first-order valence-corrected chi connectivity index (χ1v) is 13.0. The van der Waals surface area contributed by atoms with E-state index >= 15 is 8.78 Å². The molecule has 2 aromatic heterocycles. The van der Waals surface area contributed by atoms with E-state index in [0.717, 1.165) is 10.5 Å². The van der Waals surface area contributed by atoms with E-state index in [0.29, 0.717) is 29.3 Å². The summed E-state index contributed by atoms with van der Waals surface area (Å²) < 4.78 is 43.1. The highest BCUT2D eigenvalue weighted by Crippen LogP contribution is 2.37. The molecular weight excluding hydrogens is 530 g/mol. The van der Waals surface area contributed by atoms with Crippen LogP contribution in [0.5, 0.6) is 5.75 Å². The van der Waals surface area contributed by atoms with E-state index in [9.17, 15) is 4.79 Å². The van der Waals surface area contributed by atoms with Crippen molar-refractivity contribution in [1.82, 2.24) is 24.9 Å². The van der Waals surface area contributed by atoms with E-state index in [1.165, 1.54) is 23.2 Å². The Balaban J connectivity index is 1.39. The molecule has 0 atom stereocenters. The van der Waals surface area contributed by atoms with Gasteiger partial charge < -0.3 is 15.2 Å². The molecule has 1 amide bonds. The Labute approximate surface area is 236 Å². The van der Waals surface area contributed by atoms with E-state index in [4.69, 9.17) is 15.2 Å². The maximum absolute atomic E-state index is 15.2. The quantitative estimate of drug-likeness (QED) is 0.319. The van der Waals surface area contributed by atoms with Crippen LogP contribution in [0.25, 0.3) is 22.5 Å². The van der Waals surface area contributed by atoms with Gasteiger partial charge in [-0.15, -0.1) is 10.2 Å². The molecule has 212 valence electrons. The summed E-state index contributed by atoms with van der Waals surface area (Å²) in [5.74, 6) is -2.64. The van der Waals surface area contributed by atoms with Crippen LogP contribution >= 0.6 is 0 Å². The first-order chi connectivity index (χ1) is 19.5. The number of anilines is 1. The number of hydrogen-bond donors (Lipinski definition) is 1. The van der Waals surface area contributed by atoms with Crippen molar-refractivity contribution in [2.24, 2.45) is 0 Å². The third kappa shape index (κ3) is 6.34. The van der Waals surface area contributed by atoms with Crippen molar-refractivity contribution in [3.8, 4) is 22.7 Å². The molecule has 0 saturated heterocycles. The van der Waals surface area contributed by atoms with Gasteiger partial charge in [-0.1, -0.05) is 48.5 Å². The van der Waals surface area contributed by atoms with E-state index in [-0.39, 0.29) is 23.5 Å². The van der Waals surface area contributed by atoms with Gasteiger partial charge in [-0.05, 0) is 44.5 Å². The first kappa shape index (κ1) is 27.8. The number of nitrogens with two attached hydrogens (primary N) is 1. The number of para-hydroxylation sites is 1. The monoisotopic (exact) mass is 560 g/mol. The SMILES string of the molecule is CC(C)(C)OC(=O)N1CC=C(c2cnn(-c3cc(-c4ccccc4OCc4ccccc4)nnc3N)c2)C(F)(F)C1. The third-order valence-electron chi connectivity index (χ3n) is 6.29. The van der Waals surface area contributed by atoms with Crippen molar-refractivity contribution >= 4 is 17.5 Å². The largest absolute Gasteiger partial charge is 0.488 e. The summed E-state index contributed by atoms with van der Waals surface area (Å²) in [6, 6.07) is 18.8. The van der Waals surface area contributed by atoms with Gasteiger partial charge in [0.2, 0.25) is 0 Å². The molecule has 2 N–H and O–H groups in total. The number of nitrogens with zero attached hydrogens (tertiary/aromatic N) is 5. The number of halogens is 2. The van der Waals surface area contributed by atoms with Gasteiger partial charge in [0.15, 0.2) is 5.82 Å². The molecule has 1 aliphatic rings. The Hall–Kier alpha value is -4.80. The van der Waals surface area contributed by atoms with Crippen LogP contribution in [0.1, 0.15) is 31.9 Å². The van der Waals surface area contributed by atoms with Crippen LogP contribution in [0.15, 0.2) is 79.1 Å². The number of alkyl halides is 2. The van der Waals surface area contributed by atoms with Gasteiger partial charge in [0.25, 0.3) is 5.92 Å². The fourth-order valence-electron chi connectivity index (χ4n) is 4.37. The highest BCUT2D eigenvalue weighted by Gasteiger charge is 2.42. The number of benzene rings is 2. The average Bonchev–Trinajstić information content (AvgIpc) is 3.41. The van der Waals surface area contributed by atoms with Crippen LogP contribution < -0.4 is 10.5 Å². The molecular formula is C30H30F2N6O3. The summed E-state index contributed by atoms with van der Waals surface area (Å²) in [5, 5.41) is 12.6. The van der Waals surface area contributed by atoms with Crippen molar-refractivity contribution in [1.29, 1.82) is 0 Å². The predicted molar refractivity (Wildman–Crippen MR) is 151 cm³/mol. The molecule has 0 unspecified atom stereocenters. The lowest BCUT2D eigenvalue weighted by Gasteiger charge is -2.33. The lowest BCUT2D eigenvalue weighted by atomic mass is 9.99. The Morgan fingerprint density at radius 2 is 1.80 bits per heavy atom. The molecule has 0 fully saturated rings. The zero-order valence-electron chi connectivity index (χ0n) is 22.9. The Morgan fingerprint density at radius 3 is 2.54 bits per heavy atom. The van der Waals surface area contributed by atoms with E-state index in [1.807, 2.05) is 54.6 Å². The molecule has 0 saturated carbocycles. The summed E-state index contributed by atoms with van der Waals surface area (Å²) in [6.07, 6.45) is 3.31. The normalized spacial score (nSPS) is 14.9. The summed E-state index contributed by atoms with van der Waals surface area (Å²) in [5.41, 5.74) is 7.85. The van der Waals surface area contributed by atoms with Crippen LogP contribution in [0.2, 0.25) is 0 Å². The van der Waals surface area contributed by atoms with Gasteiger partial charge in [-0.3, -0.25) is 4.90 Å². The number of rotatable bonds is 6. The number of amides is 1. The maximum atomic E-state index is 15.2. The minimum atomic E-state index is -3.31. The molecule has 11 heteroatoms. The number of nitrogen functional groups attached to an aromatic ring is 1. The van der Waals surface area contributed by atoms with Crippen molar-refractivity contribution in [3.05, 3.63) is 90.3 Å². The molecule has 41 heavy (non-hydrogen) atoms. The summed E-state index contributed by atoms with van der Waals surface area (Å²) in [4.78, 5) is 13.3. The lowest BCUT2D eigenvalue weighted by Crippen LogP contribution is -2.46. The van der Waals surface area contributed by atoms with Gasteiger partial charge >= 0.3 is 6.09 Å². The smallest absolute Gasteiger partial charge is 0.410 e. The molecule has 0 radical (unpaired) electrons. The highest BCUT2D eigenvalue weighted by molar-refractivity contribution is 5.76. The van der Waals surface area contributed by atoms with E-state index in [2.05, 4.69) is 15.3 Å². The number of carbonyl (C=O) groups excluding carboxylic acids is 1. The van der Waals surface area contributed by atoms with Gasteiger partial charge in [0, 0.05) is 29.4 Å². The number of hydrogen-bond acceptors (Lipinski definition) is 7. The lowest BCUT2D eigenvalue weighted by molar-refractivity contribution is -0.0105. The molecule has 3 heterocycles. The Bertz CT molecular complexity index is 1580. The fourth-order valence-corrected chi connectivity index (χ4v) is 4.37. The van der Waals surface area contributed by atoms with Gasteiger partial charge in [-0.25, -0.2) is 9.48 Å². The van der Waals surface area contributed by atoms with Crippen LogP contribution in [0.4, 0.5) is 19.4 Å². The van der Waals surface area contributed by atoms with Crippen LogP contribution in [-0.2, 0) is 11.3 Å². The maximum Gasteiger partial charge on any atom is 0.410 e.